The van der Waals surface area contributed by atoms with Crippen LogP contribution in [-0.2, 0) is 10.0 Å². The summed E-state index contributed by atoms with van der Waals surface area (Å²) in [6, 6.07) is 5.51. The molecule has 3 aromatic rings. The number of aromatic nitrogens is 3. The zero-order valence-electron chi connectivity index (χ0n) is 17.2. The number of sulfonamides is 1. The Morgan fingerprint density at radius 1 is 1.16 bits per heavy atom. The van der Waals surface area contributed by atoms with Crippen molar-refractivity contribution in [1.82, 2.24) is 19.3 Å². The minimum Gasteiger partial charge on any atom is -0.334 e. The number of rotatable bonds is 5. The molecule has 31 heavy (non-hydrogen) atoms. The van der Waals surface area contributed by atoms with E-state index >= 15 is 0 Å². The number of hydrogen-bond acceptors (Lipinski definition) is 5. The number of nitrogens with one attached hydrogen (secondary N) is 1. The van der Waals surface area contributed by atoms with Gasteiger partial charge in [-0.1, -0.05) is 11.6 Å². The van der Waals surface area contributed by atoms with Crippen molar-refractivity contribution in [2.24, 2.45) is 0 Å². The van der Waals surface area contributed by atoms with Crippen LogP contribution in [0.15, 0.2) is 35.5 Å². The second-order valence-electron chi connectivity index (χ2n) is 7.45. The van der Waals surface area contributed by atoms with Gasteiger partial charge in [0.05, 0.1) is 23.5 Å². The number of benzene rings is 1. The Hall–Kier alpha value is -2.97. The van der Waals surface area contributed by atoms with E-state index in [4.69, 9.17) is 0 Å². The van der Waals surface area contributed by atoms with Crippen LogP contribution in [0.1, 0.15) is 37.9 Å². The summed E-state index contributed by atoms with van der Waals surface area (Å²) in [4.78, 5) is 7.64. The standard InChI is InChI=1S/C20H20F3N5O2S/c1-11(2)28-17-6-5-12(3)7-15(17)16(8-24)18(28)19-25-9-14(10-26-19)31(29,30)27-13(4)20(21,22)23/h5-7,9-11,13,27H,1-4H3/t13-/m0/s1. The largest absolute Gasteiger partial charge is 0.404 e. The zero-order valence-corrected chi connectivity index (χ0v) is 18.0. The summed E-state index contributed by atoms with van der Waals surface area (Å²) in [6.45, 7) is 6.45. The van der Waals surface area contributed by atoms with Crippen molar-refractivity contribution in [1.29, 1.82) is 5.26 Å². The van der Waals surface area contributed by atoms with Gasteiger partial charge in [-0.15, -0.1) is 0 Å². The highest BCUT2D eigenvalue weighted by atomic mass is 32.2. The molecule has 0 aliphatic heterocycles. The highest BCUT2D eigenvalue weighted by Gasteiger charge is 2.39. The molecule has 0 saturated heterocycles. The predicted molar refractivity (Wildman–Crippen MR) is 109 cm³/mol. The third-order valence-corrected chi connectivity index (χ3v) is 6.26. The van der Waals surface area contributed by atoms with E-state index in [0.29, 0.717) is 23.6 Å². The minimum atomic E-state index is -4.73. The molecular formula is C20H20F3N5O2S. The fourth-order valence-electron chi connectivity index (χ4n) is 3.24. The Kier molecular flexibility index (Phi) is 5.82. The molecule has 0 aliphatic carbocycles. The van der Waals surface area contributed by atoms with Crippen LogP contribution in [0.4, 0.5) is 13.2 Å². The molecule has 7 nitrogen and oxygen atoms in total. The van der Waals surface area contributed by atoms with Gasteiger partial charge in [-0.25, -0.2) is 18.4 Å². The van der Waals surface area contributed by atoms with Gasteiger partial charge >= 0.3 is 6.18 Å². The maximum atomic E-state index is 12.7. The van der Waals surface area contributed by atoms with Gasteiger partial charge in [0.1, 0.15) is 22.7 Å². The van der Waals surface area contributed by atoms with Crippen LogP contribution in [0.2, 0.25) is 0 Å². The average molecular weight is 451 g/mol. The summed E-state index contributed by atoms with van der Waals surface area (Å²) >= 11 is 0. The molecule has 0 amide bonds. The lowest BCUT2D eigenvalue weighted by Gasteiger charge is -2.17. The van der Waals surface area contributed by atoms with Gasteiger partial charge < -0.3 is 4.57 Å². The Morgan fingerprint density at radius 2 is 1.77 bits per heavy atom. The third kappa shape index (κ3) is 4.26. The molecule has 0 unspecified atom stereocenters. The van der Waals surface area contributed by atoms with Crippen LogP contribution >= 0.6 is 0 Å². The van der Waals surface area contributed by atoms with E-state index in [0.717, 1.165) is 23.5 Å². The summed E-state index contributed by atoms with van der Waals surface area (Å²) in [5.41, 5.74) is 2.52. The molecule has 1 N–H and O–H groups in total. The van der Waals surface area contributed by atoms with Gasteiger partial charge in [-0.05, 0) is 39.8 Å². The smallest absolute Gasteiger partial charge is 0.334 e. The van der Waals surface area contributed by atoms with Gasteiger partial charge in [-0.3, -0.25) is 0 Å². The lowest BCUT2D eigenvalue weighted by molar-refractivity contribution is -0.147. The van der Waals surface area contributed by atoms with Gasteiger partial charge in [0.2, 0.25) is 10.0 Å². The van der Waals surface area contributed by atoms with E-state index in [-0.39, 0.29) is 11.9 Å². The quantitative estimate of drug-likeness (QED) is 0.630. The third-order valence-electron chi connectivity index (χ3n) is 4.76. The number of nitrogens with zero attached hydrogens (tertiary/aromatic N) is 4. The van der Waals surface area contributed by atoms with Crippen LogP contribution in [0, 0.1) is 18.3 Å². The average Bonchev–Trinajstić information content (AvgIpc) is 3.00. The minimum absolute atomic E-state index is 0.0661. The molecule has 0 bridgehead atoms. The van der Waals surface area contributed by atoms with E-state index in [1.54, 1.807) is 4.72 Å². The molecule has 2 aromatic heterocycles. The molecule has 11 heteroatoms. The van der Waals surface area contributed by atoms with Crippen LogP contribution in [0.5, 0.6) is 0 Å². The highest BCUT2D eigenvalue weighted by molar-refractivity contribution is 7.89. The first kappa shape index (κ1) is 22.7. The maximum Gasteiger partial charge on any atom is 0.404 e. The highest BCUT2D eigenvalue weighted by Crippen LogP contribution is 2.35. The van der Waals surface area contributed by atoms with Crippen LogP contribution in [-0.4, -0.2) is 35.2 Å². The van der Waals surface area contributed by atoms with Crippen LogP contribution in [0.3, 0.4) is 0 Å². The van der Waals surface area contributed by atoms with E-state index in [9.17, 15) is 26.9 Å². The Labute approximate surface area is 177 Å². The summed E-state index contributed by atoms with van der Waals surface area (Å²) in [7, 11) is -4.48. The number of hydrogen-bond donors (Lipinski definition) is 1. The first-order chi connectivity index (χ1) is 14.4. The molecule has 0 fully saturated rings. The number of nitriles is 1. The lowest BCUT2D eigenvalue weighted by Crippen LogP contribution is -2.43. The molecule has 0 saturated carbocycles. The zero-order chi connectivity index (χ0) is 23.1. The number of alkyl halides is 3. The second kappa shape index (κ2) is 7.94. The van der Waals surface area contributed by atoms with Crippen molar-refractivity contribution >= 4 is 20.9 Å². The summed E-state index contributed by atoms with van der Waals surface area (Å²) in [5.74, 6) is 0.0990. The molecule has 0 radical (unpaired) electrons. The monoisotopic (exact) mass is 451 g/mol. The van der Waals surface area contributed by atoms with E-state index in [2.05, 4.69) is 16.0 Å². The second-order valence-corrected chi connectivity index (χ2v) is 9.16. The van der Waals surface area contributed by atoms with Gasteiger partial charge in [0.15, 0.2) is 5.82 Å². The van der Waals surface area contributed by atoms with Crippen LogP contribution < -0.4 is 4.72 Å². The Bertz CT molecular complexity index is 1270. The number of fused-ring (bicyclic) bond motifs is 1. The number of aryl methyl sites for hydroxylation is 1. The molecular weight excluding hydrogens is 431 g/mol. The molecule has 0 spiro atoms. The molecule has 164 valence electrons. The van der Waals surface area contributed by atoms with Crippen molar-refractivity contribution in [2.75, 3.05) is 0 Å². The van der Waals surface area contributed by atoms with Crippen molar-refractivity contribution in [3.63, 3.8) is 0 Å². The lowest BCUT2D eigenvalue weighted by atomic mass is 10.1. The van der Waals surface area contributed by atoms with E-state index in [1.165, 1.54) is 0 Å². The van der Waals surface area contributed by atoms with E-state index < -0.39 is 27.1 Å². The molecule has 0 aliphatic rings. The fraction of sp³-hybridized carbons (Fsp3) is 0.350. The van der Waals surface area contributed by atoms with Crippen molar-refractivity contribution in [3.8, 4) is 17.6 Å². The predicted octanol–water partition coefficient (Wildman–Crippen LogP) is 4.09. The number of halogens is 3. The van der Waals surface area contributed by atoms with Gasteiger partial charge in [0, 0.05) is 11.4 Å². The molecule has 1 atom stereocenters. The first-order valence-corrected chi connectivity index (χ1v) is 10.8. The maximum absolute atomic E-state index is 12.7. The normalized spacial score (nSPS) is 13.5. The van der Waals surface area contributed by atoms with Crippen molar-refractivity contribution in [3.05, 3.63) is 41.7 Å². The SMILES string of the molecule is Cc1ccc2c(c1)c(C#N)c(-c1ncc(S(=O)(=O)N[C@@H](C)C(F)(F)F)cn1)n2C(C)C. The van der Waals surface area contributed by atoms with Crippen LogP contribution in [0.25, 0.3) is 22.4 Å². The molecule has 1 aromatic carbocycles. The van der Waals surface area contributed by atoms with Crippen molar-refractivity contribution < 1.29 is 21.6 Å². The Balaban J connectivity index is 2.11. The summed E-state index contributed by atoms with van der Waals surface area (Å²) in [5, 5.41) is 10.5. The molecule has 2 heterocycles. The van der Waals surface area contributed by atoms with Crippen molar-refractivity contribution in [2.45, 2.75) is 50.9 Å². The summed E-state index contributed by atoms with van der Waals surface area (Å²) < 4.78 is 66.1. The Morgan fingerprint density at radius 3 is 2.29 bits per heavy atom. The van der Waals surface area contributed by atoms with Gasteiger partial charge in [-0.2, -0.15) is 23.2 Å². The first-order valence-electron chi connectivity index (χ1n) is 9.33. The topological polar surface area (TPSA) is 101 Å². The van der Waals surface area contributed by atoms with E-state index in [1.807, 2.05) is 43.5 Å². The van der Waals surface area contributed by atoms with Gasteiger partial charge in [0.25, 0.3) is 0 Å². The molecule has 3 rings (SSSR count). The fourth-order valence-corrected chi connectivity index (χ4v) is 4.36. The summed E-state index contributed by atoms with van der Waals surface area (Å²) in [6.07, 6.45) is -2.86.